The lowest BCUT2D eigenvalue weighted by molar-refractivity contribution is -0.137. The van der Waals surface area contributed by atoms with E-state index in [9.17, 15) is 18.0 Å². The molecule has 0 saturated carbocycles. The smallest absolute Gasteiger partial charge is 0.360 e. The van der Waals surface area contributed by atoms with Gasteiger partial charge in [-0.25, -0.2) is 15.0 Å². The minimum Gasteiger partial charge on any atom is -0.360 e. The van der Waals surface area contributed by atoms with Gasteiger partial charge in [0.05, 0.1) is 5.69 Å². The van der Waals surface area contributed by atoms with Crippen molar-refractivity contribution in [3.8, 4) is 11.3 Å². The van der Waals surface area contributed by atoms with Gasteiger partial charge in [0.1, 0.15) is 5.56 Å². The third-order valence-corrected chi connectivity index (χ3v) is 5.79. The van der Waals surface area contributed by atoms with Crippen molar-refractivity contribution in [2.24, 2.45) is 4.99 Å². The average molecular weight is 442 g/mol. The molecule has 2 fully saturated rings. The number of alkyl halides is 3. The number of aliphatic imine (C=N–C) groups is 1. The van der Waals surface area contributed by atoms with Gasteiger partial charge in [-0.1, -0.05) is 6.07 Å². The van der Waals surface area contributed by atoms with Crippen LogP contribution in [0.5, 0.6) is 0 Å². The van der Waals surface area contributed by atoms with Crippen molar-refractivity contribution in [3.63, 3.8) is 0 Å². The predicted molar refractivity (Wildman–Crippen MR) is 115 cm³/mol. The summed E-state index contributed by atoms with van der Waals surface area (Å²) >= 11 is 0. The number of amides is 1. The molecule has 0 spiro atoms. The van der Waals surface area contributed by atoms with Crippen molar-refractivity contribution in [1.82, 2.24) is 20.3 Å². The summed E-state index contributed by atoms with van der Waals surface area (Å²) in [6.45, 7) is 2.10. The lowest BCUT2D eigenvalue weighted by Gasteiger charge is -2.16. The number of rotatable bonds is 3. The molecule has 2 aromatic heterocycles. The van der Waals surface area contributed by atoms with Gasteiger partial charge in [0, 0.05) is 59.8 Å². The molecule has 2 saturated heterocycles. The second kappa shape index (κ2) is 8.01. The molecule has 0 unspecified atom stereocenters. The first-order valence-corrected chi connectivity index (χ1v) is 10.5. The minimum absolute atomic E-state index is 0.0142. The maximum absolute atomic E-state index is 13.8. The van der Waals surface area contributed by atoms with Crippen molar-refractivity contribution in [2.45, 2.75) is 31.9 Å². The zero-order chi connectivity index (χ0) is 22.3. The fourth-order valence-electron chi connectivity index (χ4n) is 4.21. The lowest BCUT2D eigenvalue weighted by atomic mass is 10.1. The Morgan fingerprint density at radius 1 is 1.16 bits per heavy atom. The van der Waals surface area contributed by atoms with Crippen LogP contribution in [0.3, 0.4) is 0 Å². The van der Waals surface area contributed by atoms with Gasteiger partial charge in [-0.2, -0.15) is 13.2 Å². The number of hydrogen-bond donors (Lipinski definition) is 2. The summed E-state index contributed by atoms with van der Waals surface area (Å²) in [6.07, 6.45) is 0.673. The highest BCUT2D eigenvalue weighted by molar-refractivity contribution is 6.01. The fraction of sp³-hybridized carbons (Fsp3) is 0.364. The molecule has 1 aromatic carbocycles. The van der Waals surface area contributed by atoms with Gasteiger partial charge in [-0.3, -0.25) is 4.79 Å². The number of aromatic amines is 1. The highest BCUT2D eigenvalue weighted by Crippen LogP contribution is 2.39. The fourth-order valence-corrected chi connectivity index (χ4v) is 4.21. The van der Waals surface area contributed by atoms with Crippen molar-refractivity contribution in [3.05, 3.63) is 36.2 Å². The van der Waals surface area contributed by atoms with Gasteiger partial charge >= 0.3 is 6.18 Å². The normalized spacial score (nSPS) is 18.8. The summed E-state index contributed by atoms with van der Waals surface area (Å²) in [6, 6.07) is 5.26. The molecule has 32 heavy (non-hydrogen) atoms. The van der Waals surface area contributed by atoms with Gasteiger partial charge in [-0.05, 0) is 37.9 Å². The molecule has 166 valence electrons. The summed E-state index contributed by atoms with van der Waals surface area (Å²) < 4.78 is 41.3. The summed E-state index contributed by atoms with van der Waals surface area (Å²) in [4.78, 5) is 29.2. The number of benzene rings is 1. The van der Waals surface area contributed by atoms with Crippen molar-refractivity contribution in [2.75, 3.05) is 24.5 Å². The first-order valence-electron chi connectivity index (χ1n) is 10.5. The van der Waals surface area contributed by atoms with Gasteiger partial charge in [-0.15, -0.1) is 0 Å². The Hall–Kier alpha value is -3.27. The molecule has 4 heterocycles. The van der Waals surface area contributed by atoms with E-state index in [0.717, 1.165) is 43.4 Å². The molecule has 7 nitrogen and oxygen atoms in total. The summed E-state index contributed by atoms with van der Waals surface area (Å²) in [5.41, 5.74) is 1.37. The lowest BCUT2D eigenvalue weighted by Crippen LogP contribution is -2.29. The number of halogens is 3. The van der Waals surface area contributed by atoms with Crippen LogP contribution in [0.2, 0.25) is 0 Å². The Balaban J connectivity index is 1.59. The van der Waals surface area contributed by atoms with E-state index in [1.54, 1.807) is 23.1 Å². The Morgan fingerprint density at radius 2 is 2.03 bits per heavy atom. The predicted octanol–water partition coefficient (Wildman–Crippen LogP) is 4.23. The van der Waals surface area contributed by atoms with E-state index in [0.29, 0.717) is 36.0 Å². The van der Waals surface area contributed by atoms with Crippen LogP contribution in [0, 0.1) is 0 Å². The Morgan fingerprint density at radius 3 is 2.75 bits per heavy atom. The Bertz CT molecular complexity index is 1210. The second-order valence-electron chi connectivity index (χ2n) is 7.97. The molecule has 0 bridgehead atoms. The number of H-pyrrole nitrogens is 1. The van der Waals surface area contributed by atoms with E-state index in [4.69, 9.17) is 0 Å². The topological polar surface area (TPSA) is 86.3 Å². The largest absolute Gasteiger partial charge is 0.419 e. The van der Waals surface area contributed by atoms with E-state index < -0.39 is 11.7 Å². The third kappa shape index (κ3) is 3.86. The number of nitrogens with zero attached hydrogens (tertiary/aromatic N) is 4. The summed E-state index contributed by atoms with van der Waals surface area (Å²) in [5.74, 6) is 0.0626. The van der Waals surface area contributed by atoms with E-state index in [1.807, 2.05) is 0 Å². The van der Waals surface area contributed by atoms with Crippen LogP contribution >= 0.6 is 0 Å². The maximum Gasteiger partial charge on any atom is 0.419 e. The van der Waals surface area contributed by atoms with Crippen LogP contribution in [0.1, 0.15) is 31.2 Å². The molecular formula is C22H21F3N6O. The van der Waals surface area contributed by atoms with Crippen LogP contribution in [0.15, 0.2) is 35.6 Å². The molecule has 1 amide bonds. The van der Waals surface area contributed by atoms with Crippen LogP contribution in [-0.2, 0) is 11.0 Å². The van der Waals surface area contributed by atoms with E-state index in [-0.39, 0.29) is 17.5 Å². The van der Waals surface area contributed by atoms with Crippen molar-refractivity contribution >= 4 is 34.2 Å². The number of hydrogen-bond acceptors (Lipinski definition) is 5. The number of piperidine rings is 1. The Kier molecular flexibility index (Phi) is 5.16. The SMILES string of the molecule is O=C1CCCN1c1ccc2c(-c3nc(N=C4CCCNC4)ncc3C(F)(F)F)c[nH]c2c1. The third-order valence-electron chi connectivity index (χ3n) is 5.79. The number of carbonyl (C=O) groups is 1. The van der Waals surface area contributed by atoms with Crippen molar-refractivity contribution in [1.29, 1.82) is 0 Å². The Labute approximate surface area is 181 Å². The highest BCUT2D eigenvalue weighted by Gasteiger charge is 2.36. The van der Waals surface area contributed by atoms with Crippen LogP contribution < -0.4 is 10.2 Å². The second-order valence-corrected chi connectivity index (χ2v) is 7.97. The number of carbonyl (C=O) groups excluding carboxylic acids is 1. The maximum atomic E-state index is 13.8. The number of nitrogens with one attached hydrogen (secondary N) is 2. The van der Waals surface area contributed by atoms with Gasteiger partial charge < -0.3 is 15.2 Å². The quantitative estimate of drug-likeness (QED) is 0.636. The number of aromatic nitrogens is 3. The van der Waals surface area contributed by atoms with Crippen LogP contribution in [0.25, 0.3) is 22.2 Å². The zero-order valence-electron chi connectivity index (χ0n) is 17.2. The average Bonchev–Trinajstić information content (AvgIpc) is 3.39. The standard InChI is InChI=1S/C22H21F3N6O/c23-22(24,25)17-12-28-21(29-13-3-1-7-26-10-13)30-20(17)16-11-27-18-9-14(5-6-15(16)18)31-8-2-4-19(31)32/h5-6,9,11-12,26-27H,1-4,7-8,10H2. The minimum atomic E-state index is -4.61. The molecule has 10 heteroatoms. The first-order chi connectivity index (χ1) is 15.4. The van der Waals surface area contributed by atoms with Crippen molar-refractivity contribution < 1.29 is 18.0 Å². The molecular weight excluding hydrogens is 421 g/mol. The van der Waals surface area contributed by atoms with Crippen LogP contribution in [-0.4, -0.2) is 46.2 Å². The number of fused-ring (bicyclic) bond motifs is 1. The molecule has 0 aliphatic carbocycles. The number of anilines is 1. The molecule has 0 atom stereocenters. The van der Waals surface area contributed by atoms with Crippen LogP contribution in [0.4, 0.5) is 24.8 Å². The van der Waals surface area contributed by atoms with Gasteiger partial charge in [0.15, 0.2) is 0 Å². The first kappa shape index (κ1) is 20.6. The van der Waals surface area contributed by atoms with E-state index in [2.05, 4.69) is 25.3 Å². The highest BCUT2D eigenvalue weighted by atomic mass is 19.4. The molecule has 2 N–H and O–H groups in total. The molecule has 2 aliphatic heterocycles. The molecule has 5 rings (SSSR count). The van der Waals surface area contributed by atoms with Gasteiger partial charge in [0.25, 0.3) is 0 Å². The van der Waals surface area contributed by atoms with E-state index >= 15 is 0 Å². The molecule has 3 aromatic rings. The van der Waals surface area contributed by atoms with E-state index in [1.165, 1.54) is 6.20 Å². The summed E-state index contributed by atoms with van der Waals surface area (Å²) in [7, 11) is 0. The zero-order valence-corrected chi connectivity index (χ0v) is 17.2. The summed E-state index contributed by atoms with van der Waals surface area (Å²) in [5, 5.41) is 3.77. The molecule has 2 aliphatic rings. The monoisotopic (exact) mass is 442 g/mol. The van der Waals surface area contributed by atoms with Gasteiger partial charge in [0.2, 0.25) is 11.9 Å². The molecule has 0 radical (unpaired) electrons.